The van der Waals surface area contributed by atoms with Gasteiger partial charge in [-0.1, -0.05) is 65.3 Å². The van der Waals surface area contributed by atoms with E-state index >= 15 is 0 Å². The summed E-state index contributed by atoms with van der Waals surface area (Å²) in [5.41, 5.74) is 2.51. The Balaban J connectivity index is 1.52. The first-order valence-corrected chi connectivity index (χ1v) is 13.3. The quantitative estimate of drug-likeness (QED) is 0.457. The van der Waals surface area contributed by atoms with E-state index in [4.69, 9.17) is 0 Å². The molecule has 4 aliphatic rings. The van der Waals surface area contributed by atoms with E-state index in [1.54, 1.807) is 5.57 Å². The molecule has 9 atom stereocenters. The van der Waals surface area contributed by atoms with Crippen molar-refractivity contribution in [2.75, 3.05) is 0 Å². The average molecular weight is 413 g/mol. The number of hydrogen-bond acceptors (Lipinski definition) is 1. The lowest BCUT2D eigenvalue weighted by Crippen LogP contribution is -2.50. The van der Waals surface area contributed by atoms with E-state index in [1.807, 2.05) is 0 Å². The molecule has 4 rings (SSSR count). The van der Waals surface area contributed by atoms with Gasteiger partial charge < -0.3 is 5.11 Å². The lowest BCUT2D eigenvalue weighted by Gasteiger charge is -2.58. The van der Waals surface area contributed by atoms with Gasteiger partial charge in [0, 0.05) is 0 Å². The fourth-order valence-electron chi connectivity index (χ4n) is 8.83. The third kappa shape index (κ3) is 3.66. The van der Waals surface area contributed by atoms with Crippen LogP contribution in [0.15, 0.2) is 23.8 Å². The summed E-state index contributed by atoms with van der Waals surface area (Å²) in [5, 5.41) is 10.2. The molecule has 0 amide bonds. The van der Waals surface area contributed by atoms with Crippen LogP contribution >= 0.6 is 0 Å². The van der Waals surface area contributed by atoms with Crippen LogP contribution in [0.2, 0.25) is 0 Å². The molecule has 0 aliphatic heterocycles. The van der Waals surface area contributed by atoms with Crippen molar-refractivity contribution in [2.45, 2.75) is 105 Å². The highest BCUT2D eigenvalue weighted by Gasteiger charge is 2.58. The fraction of sp³-hybridized carbons (Fsp3) is 0.862. The fourth-order valence-corrected chi connectivity index (χ4v) is 8.83. The van der Waals surface area contributed by atoms with E-state index in [2.05, 4.69) is 59.8 Å². The van der Waals surface area contributed by atoms with Gasteiger partial charge in [0.1, 0.15) is 0 Å². The van der Waals surface area contributed by atoms with Gasteiger partial charge in [0.25, 0.3) is 0 Å². The molecule has 3 saturated carbocycles. The molecule has 0 aromatic carbocycles. The summed E-state index contributed by atoms with van der Waals surface area (Å²) < 4.78 is 0. The van der Waals surface area contributed by atoms with Gasteiger partial charge in [0.2, 0.25) is 0 Å². The Hall–Kier alpha value is -0.560. The Labute approximate surface area is 186 Å². The van der Waals surface area contributed by atoms with Gasteiger partial charge in [-0.2, -0.15) is 0 Å². The van der Waals surface area contributed by atoms with Crippen LogP contribution in [-0.2, 0) is 0 Å². The Morgan fingerprint density at radius 1 is 1.03 bits per heavy atom. The highest BCUT2D eigenvalue weighted by molar-refractivity contribution is 5.25. The molecule has 1 heteroatoms. The normalized spacial score (nSPS) is 45.6. The maximum atomic E-state index is 10.2. The molecule has 0 spiro atoms. The van der Waals surface area contributed by atoms with Crippen molar-refractivity contribution in [3.8, 4) is 0 Å². The second kappa shape index (κ2) is 8.42. The van der Waals surface area contributed by atoms with Gasteiger partial charge in [-0.05, 0) is 110 Å². The first-order chi connectivity index (χ1) is 14.2. The third-order valence-electron chi connectivity index (χ3n) is 10.8. The molecule has 4 aliphatic carbocycles. The molecule has 0 aromatic rings. The largest absolute Gasteiger partial charge is 0.393 e. The molecule has 3 fully saturated rings. The smallest absolute Gasteiger partial charge is 0.0577 e. The van der Waals surface area contributed by atoms with Crippen molar-refractivity contribution in [3.63, 3.8) is 0 Å². The second-order valence-corrected chi connectivity index (χ2v) is 12.4. The maximum absolute atomic E-state index is 10.2. The number of aliphatic hydroxyl groups is 1. The topological polar surface area (TPSA) is 20.2 Å². The van der Waals surface area contributed by atoms with Crippen LogP contribution in [0.1, 0.15) is 99.3 Å². The Kier molecular flexibility index (Phi) is 6.35. The Bertz CT molecular complexity index is 674. The van der Waals surface area contributed by atoms with Crippen LogP contribution in [0.25, 0.3) is 0 Å². The molecule has 0 heterocycles. The standard InChI is InChI=1S/C29H48O/c1-7-21(19(2)3)9-8-20(4)25-12-13-26-24-11-10-22-18-23(30)14-16-28(22,5)27(24)15-17-29(25,26)6/h8-10,19-21,23-27,30H,7,11-18H2,1-6H3/b9-8-/t20-,21+,23+,24+,25-,26+,27+,28+,29-/m1/s1. The highest BCUT2D eigenvalue weighted by atomic mass is 16.3. The number of fused-ring (bicyclic) bond motifs is 5. The first-order valence-electron chi connectivity index (χ1n) is 13.3. The van der Waals surface area contributed by atoms with E-state index in [1.165, 1.54) is 44.9 Å². The van der Waals surface area contributed by atoms with Crippen molar-refractivity contribution in [3.05, 3.63) is 23.8 Å². The minimum atomic E-state index is -0.0870. The molecule has 1 N–H and O–H groups in total. The average Bonchev–Trinajstić information content (AvgIpc) is 3.06. The summed E-state index contributed by atoms with van der Waals surface area (Å²) in [6.07, 6.45) is 19.1. The number of hydrogen-bond donors (Lipinski definition) is 1. The van der Waals surface area contributed by atoms with Crippen molar-refractivity contribution in [1.82, 2.24) is 0 Å². The van der Waals surface area contributed by atoms with Gasteiger partial charge in [-0.15, -0.1) is 0 Å². The molecule has 170 valence electrons. The van der Waals surface area contributed by atoms with E-state index in [0.717, 1.165) is 48.3 Å². The van der Waals surface area contributed by atoms with Crippen LogP contribution in [0, 0.1) is 52.3 Å². The van der Waals surface area contributed by atoms with E-state index in [9.17, 15) is 5.11 Å². The molecule has 0 saturated heterocycles. The van der Waals surface area contributed by atoms with Gasteiger partial charge >= 0.3 is 0 Å². The minimum Gasteiger partial charge on any atom is -0.393 e. The zero-order valence-corrected chi connectivity index (χ0v) is 20.7. The second-order valence-electron chi connectivity index (χ2n) is 12.4. The molecule has 0 unspecified atom stereocenters. The summed E-state index contributed by atoms with van der Waals surface area (Å²) in [4.78, 5) is 0. The van der Waals surface area contributed by atoms with Crippen LogP contribution in [0.5, 0.6) is 0 Å². The van der Waals surface area contributed by atoms with Crippen molar-refractivity contribution in [1.29, 1.82) is 0 Å². The SMILES string of the molecule is CC[C@@H](/C=C\[C@@H](C)[C@H]1CC[C@H]2[C@@H]3CC=C4C[C@@H](O)CC[C@]4(C)[C@H]3CC[C@]12C)C(C)C. The number of allylic oxidation sites excluding steroid dienone is 3. The zero-order chi connectivity index (χ0) is 21.7. The third-order valence-corrected chi connectivity index (χ3v) is 10.8. The number of rotatable bonds is 5. The lowest BCUT2D eigenvalue weighted by molar-refractivity contribution is -0.0540. The van der Waals surface area contributed by atoms with E-state index in [-0.39, 0.29) is 6.10 Å². The highest BCUT2D eigenvalue weighted by Crippen LogP contribution is 2.67. The lowest BCUT2D eigenvalue weighted by atomic mass is 9.47. The number of aliphatic hydroxyl groups excluding tert-OH is 1. The molecule has 0 aromatic heterocycles. The monoisotopic (exact) mass is 412 g/mol. The summed E-state index contributed by atoms with van der Waals surface area (Å²) in [7, 11) is 0. The van der Waals surface area contributed by atoms with Crippen LogP contribution in [-0.4, -0.2) is 11.2 Å². The van der Waals surface area contributed by atoms with Crippen LogP contribution in [0.4, 0.5) is 0 Å². The van der Waals surface area contributed by atoms with Crippen molar-refractivity contribution in [2.24, 2.45) is 52.3 Å². The molecular weight excluding hydrogens is 364 g/mol. The van der Waals surface area contributed by atoms with E-state index < -0.39 is 0 Å². The Morgan fingerprint density at radius 2 is 1.80 bits per heavy atom. The molecule has 0 radical (unpaired) electrons. The van der Waals surface area contributed by atoms with Crippen LogP contribution in [0.3, 0.4) is 0 Å². The van der Waals surface area contributed by atoms with Gasteiger partial charge in [0.05, 0.1) is 6.10 Å². The minimum absolute atomic E-state index is 0.0870. The first kappa shape index (κ1) is 22.6. The van der Waals surface area contributed by atoms with Gasteiger partial charge in [0.15, 0.2) is 0 Å². The maximum Gasteiger partial charge on any atom is 0.0577 e. The summed E-state index contributed by atoms with van der Waals surface area (Å²) >= 11 is 0. The van der Waals surface area contributed by atoms with Crippen molar-refractivity contribution < 1.29 is 5.11 Å². The summed E-state index contributed by atoms with van der Waals surface area (Å²) in [5.74, 6) is 5.70. The van der Waals surface area contributed by atoms with Crippen molar-refractivity contribution >= 4 is 0 Å². The van der Waals surface area contributed by atoms with Gasteiger partial charge in [-0.3, -0.25) is 0 Å². The molecular formula is C29H48O. The Morgan fingerprint density at radius 3 is 2.50 bits per heavy atom. The summed E-state index contributed by atoms with van der Waals surface area (Å²) in [6, 6.07) is 0. The predicted molar refractivity (Wildman–Crippen MR) is 128 cm³/mol. The molecule has 30 heavy (non-hydrogen) atoms. The van der Waals surface area contributed by atoms with Gasteiger partial charge in [-0.25, -0.2) is 0 Å². The predicted octanol–water partition coefficient (Wildman–Crippen LogP) is 7.80. The summed E-state index contributed by atoms with van der Waals surface area (Å²) in [6.45, 7) is 14.8. The van der Waals surface area contributed by atoms with E-state index in [0.29, 0.717) is 16.7 Å². The molecule has 0 bridgehead atoms. The molecule has 1 nitrogen and oxygen atoms in total. The van der Waals surface area contributed by atoms with Crippen LogP contribution < -0.4 is 0 Å². The zero-order valence-electron chi connectivity index (χ0n) is 20.7.